The van der Waals surface area contributed by atoms with E-state index in [1.165, 1.54) is 23.5 Å². The van der Waals surface area contributed by atoms with Gasteiger partial charge in [0.2, 0.25) is 0 Å². The SMILES string of the molecule is NNC(c1cccs1)c1cc(Cl)ccc1F. The van der Waals surface area contributed by atoms with Gasteiger partial charge in [-0.25, -0.2) is 9.82 Å². The highest BCUT2D eigenvalue weighted by atomic mass is 35.5. The monoisotopic (exact) mass is 256 g/mol. The molecule has 0 aliphatic rings. The molecule has 0 saturated carbocycles. The first-order valence-electron chi connectivity index (χ1n) is 4.67. The summed E-state index contributed by atoms with van der Waals surface area (Å²) < 4.78 is 13.6. The summed E-state index contributed by atoms with van der Waals surface area (Å²) in [6.07, 6.45) is 0. The highest BCUT2D eigenvalue weighted by Gasteiger charge is 2.17. The molecule has 1 aromatic carbocycles. The number of thiophene rings is 1. The Bertz CT molecular complexity index is 473. The fourth-order valence-corrected chi connectivity index (χ4v) is 2.50. The number of rotatable bonds is 3. The normalized spacial score (nSPS) is 12.7. The van der Waals surface area contributed by atoms with E-state index in [0.717, 1.165) is 4.88 Å². The molecule has 1 aromatic heterocycles. The van der Waals surface area contributed by atoms with Crippen molar-refractivity contribution in [2.75, 3.05) is 0 Å². The Morgan fingerprint density at radius 3 is 2.81 bits per heavy atom. The van der Waals surface area contributed by atoms with E-state index in [1.54, 1.807) is 6.07 Å². The maximum atomic E-state index is 13.6. The Morgan fingerprint density at radius 2 is 2.19 bits per heavy atom. The number of hydrogen-bond acceptors (Lipinski definition) is 3. The molecule has 0 spiro atoms. The van der Waals surface area contributed by atoms with Crippen molar-refractivity contribution in [1.82, 2.24) is 5.43 Å². The third kappa shape index (κ3) is 2.25. The predicted molar refractivity (Wildman–Crippen MR) is 64.9 cm³/mol. The molecule has 2 aromatic rings. The molecule has 0 saturated heterocycles. The van der Waals surface area contributed by atoms with Gasteiger partial charge < -0.3 is 0 Å². The minimum absolute atomic E-state index is 0.319. The molecular formula is C11H10ClFN2S. The van der Waals surface area contributed by atoms with Crippen LogP contribution in [0.15, 0.2) is 35.7 Å². The molecular weight excluding hydrogens is 247 g/mol. The zero-order valence-electron chi connectivity index (χ0n) is 8.28. The van der Waals surface area contributed by atoms with Crippen molar-refractivity contribution in [1.29, 1.82) is 0 Å². The zero-order chi connectivity index (χ0) is 11.5. The number of hydrazine groups is 1. The molecule has 1 heterocycles. The molecule has 5 heteroatoms. The minimum atomic E-state index is -0.362. The maximum Gasteiger partial charge on any atom is 0.128 e. The van der Waals surface area contributed by atoms with E-state index in [-0.39, 0.29) is 11.9 Å². The van der Waals surface area contributed by atoms with Crippen LogP contribution in [-0.2, 0) is 0 Å². The Balaban J connectivity index is 2.44. The summed E-state index contributed by atoms with van der Waals surface area (Å²) >= 11 is 7.36. The lowest BCUT2D eigenvalue weighted by Gasteiger charge is -2.15. The highest BCUT2D eigenvalue weighted by molar-refractivity contribution is 7.10. The Kier molecular flexibility index (Phi) is 3.56. The van der Waals surface area contributed by atoms with Crippen LogP contribution in [0.5, 0.6) is 0 Å². The number of nitrogens with one attached hydrogen (secondary N) is 1. The summed E-state index contributed by atoms with van der Waals surface area (Å²) in [6.45, 7) is 0. The molecule has 0 fully saturated rings. The van der Waals surface area contributed by atoms with Gasteiger partial charge in [0, 0.05) is 15.5 Å². The van der Waals surface area contributed by atoms with Crippen LogP contribution in [0.4, 0.5) is 4.39 Å². The molecule has 16 heavy (non-hydrogen) atoms. The smallest absolute Gasteiger partial charge is 0.128 e. The van der Waals surface area contributed by atoms with Crippen LogP contribution in [0.1, 0.15) is 16.5 Å². The average molecular weight is 257 g/mol. The quantitative estimate of drug-likeness (QED) is 0.654. The molecule has 0 bridgehead atoms. The largest absolute Gasteiger partial charge is 0.271 e. The lowest BCUT2D eigenvalue weighted by molar-refractivity contribution is 0.564. The van der Waals surface area contributed by atoms with Crippen molar-refractivity contribution in [3.63, 3.8) is 0 Å². The second-order valence-corrected chi connectivity index (χ2v) is 4.70. The van der Waals surface area contributed by atoms with Gasteiger partial charge in [0.05, 0.1) is 6.04 Å². The van der Waals surface area contributed by atoms with Gasteiger partial charge >= 0.3 is 0 Å². The second-order valence-electron chi connectivity index (χ2n) is 3.28. The zero-order valence-corrected chi connectivity index (χ0v) is 9.86. The summed E-state index contributed by atoms with van der Waals surface area (Å²) in [7, 11) is 0. The number of benzene rings is 1. The summed E-state index contributed by atoms with van der Waals surface area (Å²) in [5.74, 6) is 5.14. The third-order valence-electron chi connectivity index (χ3n) is 2.26. The van der Waals surface area contributed by atoms with Crippen LogP contribution in [-0.4, -0.2) is 0 Å². The van der Waals surface area contributed by atoms with Gasteiger partial charge in [-0.15, -0.1) is 11.3 Å². The molecule has 2 rings (SSSR count). The molecule has 0 amide bonds. The van der Waals surface area contributed by atoms with Crippen molar-refractivity contribution in [2.24, 2.45) is 5.84 Å². The summed E-state index contributed by atoms with van der Waals surface area (Å²) in [6, 6.07) is 7.88. The standard InChI is InChI=1S/C11H10ClFN2S/c12-7-3-4-9(13)8(6-7)11(15-14)10-2-1-5-16-10/h1-6,11,15H,14H2. The lowest BCUT2D eigenvalue weighted by Crippen LogP contribution is -2.28. The van der Waals surface area contributed by atoms with Crippen molar-refractivity contribution in [3.8, 4) is 0 Å². The first kappa shape index (κ1) is 11.5. The van der Waals surface area contributed by atoms with Gasteiger partial charge in [-0.3, -0.25) is 5.84 Å². The van der Waals surface area contributed by atoms with E-state index < -0.39 is 0 Å². The van der Waals surface area contributed by atoms with Crippen LogP contribution in [0.25, 0.3) is 0 Å². The van der Waals surface area contributed by atoms with E-state index in [0.29, 0.717) is 10.6 Å². The highest BCUT2D eigenvalue weighted by Crippen LogP contribution is 2.28. The van der Waals surface area contributed by atoms with E-state index in [9.17, 15) is 4.39 Å². The average Bonchev–Trinajstić information content (AvgIpc) is 2.78. The van der Waals surface area contributed by atoms with Crippen LogP contribution >= 0.6 is 22.9 Å². The first-order chi connectivity index (χ1) is 7.72. The molecule has 0 radical (unpaired) electrons. The fraction of sp³-hybridized carbons (Fsp3) is 0.0909. The summed E-state index contributed by atoms with van der Waals surface area (Å²) in [5, 5.41) is 2.41. The Hall–Kier alpha value is -0.940. The van der Waals surface area contributed by atoms with Gasteiger partial charge in [-0.05, 0) is 29.6 Å². The van der Waals surface area contributed by atoms with E-state index in [4.69, 9.17) is 17.4 Å². The van der Waals surface area contributed by atoms with Crippen LogP contribution < -0.4 is 11.3 Å². The molecule has 2 nitrogen and oxygen atoms in total. The van der Waals surface area contributed by atoms with Crippen molar-refractivity contribution >= 4 is 22.9 Å². The number of nitrogens with two attached hydrogens (primary N) is 1. The van der Waals surface area contributed by atoms with Crippen LogP contribution in [0.2, 0.25) is 5.02 Å². The number of halogens is 2. The van der Waals surface area contributed by atoms with Crippen molar-refractivity contribution in [2.45, 2.75) is 6.04 Å². The van der Waals surface area contributed by atoms with E-state index >= 15 is 0 Å². The van der Waals surface area contributed by atoms with Gasteiger partial charge in [-0.1, -0.05) is 17.7 Å². The fourth-order valence-electron chi connectivity index (χ4n) is 1.52. The third-order valence-corrected chi connectivity index (χ3v) is 3.44. The molecule has 0 aliphatic carbocycles. The van der Waals surface area contributed by atoms with Gasteiger partial charge in [0.15, 0.2) is 0 Å². The van der Waals surface area contributed by atoms with Gasteiger partial charge in [0.25, 0.3) is 0 Å². The topological polar surface area (TPSA) is 38.0 Å². The molecule has 1 unspecified atom stereocenters. The molecule has 1 atom stereocenters. The molecule has 3 N–H and O–H groups in total. The Labute approximate surface area is 102 Å². The van der Waals surface area contributed by atoms with E-state index in [1.807, 2.05) is 17.5 Å². The van der Waals surface area contributed by atoms with Crippen LogP contribution in [0, 0.1) is 5.82 Å². The van der Waals surface area contributed by atoms with Gasteiger partial charge in [-0.2, -0.15) is 0 Å². The molecule has 84 valence electrons. The second kappa shape index (κ2) is 4.93. The number of hydrogen-bond donors (Lipinski definition) is 2. The minimum Gasteiger partial charge on any atom is -0.271 e. The summed E-state index contributed by atoms with van der Waals surface area (Å²) in [5.41, 5.74) is 3.06. The van der Waals surface area contributed by atoms with Crippen molar-refractivity contribution in [3.05, 3.63) is 57.0 Å². The molecule has 0 aliphatic heterocycles. The lowest BCUT2D eigenvalue weighted by atomic mass is 10.1. The van der Waals surface area contributed by atoms with Gasteiger partial charge in [0.1, 0.15) is 5.82 Å². The van der Waals surface area contributed by atoms with Crippen LogP contribution in [0.3, 0.4) is 0 Å². The van der Waals surface area contributed by atoms with Crippen molar-refractivity contribution < 1.29 is 4.39 Å². The van der Waals surface area contributed by atoms with E-state index in [2.05, 4.69) is 5.43 Å². The predicted octanol–water partition coefficient (Wildman–Crippen LogP) is 3.09. The maximum absolute atomic E-state index is 13.6. The first-order valence-corrected chi connectivity index (χ1v) is 5.92. The Morgan fingerprint density at radius 1 is 1.38 bits per heavy atom. The summed E-state index contributed by atoms with van der Waals surface area (Å²) in [4.78, 5) is 0.948.